The van der Waals surface area contributed by atoms with Gasteiger partial charge in [0, 0.05) is 6.54 Å². The summed E-state index contributed by atoms with van der Waals surface area (Å²) in [5.74, 6) is -0.451. The first kappa shape index (κ1) is 13.1. The van der Waals surface area contributed by atoms with Crippen LogP contribution in [0.1, 0.15) is 24.8 Å². The van der Waals surface area contributed by atoms with E-state index in [4.69, 9.17) is 11.5 Å². The van der Waals surface area contributed by atoms with Crippen LogP contribution < -0.4 is 11.5 Å². The lowest BCUT2D eigenvalue weighted by Crippen LogP contribution is -2.50. The number of hydrogen-bond acceptors (Lipinski definition) is 3. The van der Waals surface area contributed by atoms with E-state index >= 15 is 0 Å². The van der Waals surface area contributed by atoms with Gasteiger partial charge in [-0.05, 0) is 37.9 Å². The number of carbonyl (C=O) groups is 1. The lowest BCUT2D eigenvalue weighted by molar-refractivity contribution is -0.123. The molecular weight excluding hydrogens is 226 g/mol. The fourth-order valence-electron chi connectivity index (χ4n) is 2.49. The van der Waals surface area contributed by atoms with Crippen molar-refractivity contribution in [1.82, 2.24) is 4.90 Å². The van der Waals surface area contributed by atoms with Crippen molar-refractivity contribution in [2.45, 2.75) is 24.8 Å². The van der Waals surface area contributed by atoms with Crippen LogP contribution in [0, 0.1) is 0 Å². The zero-order chi connectivity index (χ0) is 13.0. The van der Waals surface area contributed by atoms with E-state index in [2.05, 4.69) is 4.90 Å². The highest BCUT2D eigenvalue weighted by Gasteiger charge is 2.34. The van der Waals surface area contributed by atoms with Gasteiger partial charge in [0.05, 0.1) is 0 Å². The van der Waals surface area contributed by atoms with Crippen molar-refractivity contribution < 1.29 is 4.79 Å². The van der Waals surface area contributed by atoms with Gasteiger partial charge in [-0.3, -0.25) is 4.79 Å². The Balaban J connectivity index is 2.09. The van der Waals surface area contributed by atoms with Gasteiger partial charge in [-0.1, -0.05) is 30.3 Å². The summed E-state index contributed by atoms with van der Waals surface area (Å²) in [5.41, 5.74) is 11.5. The van der Waals surface area contributed by atoms with Crippen molar-refractivity contribution in [3.05, 3.63) is 35.9 Å². The molecule has 4 N–H and O–H groups in total. The zero-order valence-electron chi connectivity index (χ0n) is 10.6. The number of likely N-dealkylation sites (tertiary alicyclic amines) is 1. The standard InChI is InChI=1S/C14H21N3O/c15-13(18)14(16,12-6-2-1-3-7-12)8-11-17-9-4-5-10-17/h1-3,6-7H,4-5,8-11,16H2,(H2,15,18). The average Bonchev–Trinajstić information content (AvgIpc) is 2.90. The molecule has 1 aliphatic heterocycles. The molecule has 18 heavy (non-hydrogen) atoms. The maximum Gasteiger partial charge on any atom is 0.242 e. The summed E-state index contributed by atoms with van der Waals surface area (Å²) in [4.78, 5) is 14.0. The third kappa shape index (κ3) is 2.71. The first-order valence-electron chi connectivity index (χ1n) is 6.49. The third-order valence-corrected chi connectivity index (χ3v) is 3.75. The van der Waals surface area contributed by atoms with Crippen molar-refractivity contribution in [3.8, 4) is 0 Å². The first-order chi connectivity index (χ1) is 8.63. The predicted molar refractivity (Wildman–Crippen MR) is 71.8 cm³/mol. The highest BCUT2D eigenvalue weighted by Crippen LogP contribution is 2.23. The summed E-state index contributed by atoms with van der Waals surface area (Å²) in [6, 6.07) is 9.42. The molecular formula is C14H21N3O. The van der Waals surface area contributed by atoms with Crippen LogP contribution in [0.25, 0.3) is 0 Å². The summed E-state index contributed by atoms with van der Waals surface area (Å²) in [6.45, 7) is 3.03. The molecule has 0 aliphatic carbocycles. The number of amides is 1. The van der Waals surface area contributed by atoms with Crippen molar-refractivity contribution in [3.63, 3.8) is 0 Å². The Kier molecular flexibility index (Phi) is 3.99. The van der Waals surface area contributed by atoms with Crippen LogP contribution in [0.15, 0.2) is 30.3 Å². The van der Waals surface area contributed by atoms with Crippen LogP contribution in [0.2, 0.25) is 0 Å². The van der Waals surface area contributed by atoms with E-state index in [1.807, 2.05) is 30.3 Å². The van der Waals surface area contributed by atoms with Gasteiger partial charge in [-0.25, -0.2) is 0 Å². The Morgan fingerprint density at radius 1 is 1.22 bits per heavy atom. The molecule has 1 heterocycles. The largest absolute Gasteiger partial charge is 0.368 e. The van der Waals surface area contributed by atoms with E-state index in [1.54, 1.807) is 0 Å². The first-order valence-corrected chi connectivity index (χ1v) is 6.49. The minimum atomic E-state index is -1.05. The van der Waals surface area contributed by atoms with Crippen LogP contribution in [-0.2, 0) is 10.3 Å². The van der Waals surface area contributed by atoms with Crippen molar-refractivity contribution in [2.75, 3.05) is 19.6 Å². The Morgan fingerprint density at radius 2 is 1.83 bits per heavy atom. The van der Waals surface area contributed by atoms with Gasteiger partial charge >= 0.3 is 0 Å². The predicted octanol–water partition coefficient (Wildman–Crippen LogP) is 0.812. The summed E-state index contributed by atoms with van der Waals surface area (Å²) in [5, 5.41) is 0. The summed E-state index contributed by atoms with van der Waals surface area (Å²) >= 11 is 0. The fraction of sp³-hybridized carbons (Fsp3) is 0.500. The molecule has 1 amide bonds. The van der Waals surface area contributed by atoms with Gasteiger partial charge in [-0.15, -0.1) is 0 Å². The molecule has 4 heteroatoms. The maximum atomic E-state index is 11.7. The lowest BCUT2D eigenvalue weighted by Gasteiger charge is -2.28. The Labute approximate surface area is 108 Å². The third-order valence-electron chi connectivity index (χ3n) is 3.75. The van der Waals surface area contributed by atoms with E-state index in [9.17, 15) is 4.79 Å². The lowest BCUT2D eigenvalue weighted by atomic mass is 9.87. The van der Waals surface area contributed by atoms with Crippen LogP contribution in [0.5, 0.6) is 0 Å². The molecule has 0 spiro atoms. The minimum Gasteiger partial charge on any atom is -0.368 e. The van der Waals surface area contributed by atoms with Crippen LogP contribution in [-0.4, -0.2) is 30.4 Å². The second-order valence-corrected chi connectivity index (χ2v) is 5.00. The molecule has 2 rings (SSSR count). The molecule has 0 saturated carbocycles. The van der Waals surface area contributed by atoms with Gasteiger partial charge in [0.25, 0.3) is 0 Å². The number of hydrogen-bond donors (Lipinski definition) is 2. The molecule has 1 aromatic carbocycles. The van der Waals surface area contributed by atoms with E-state index in [0.29, 0.717) is 6.42 Å². The average molecular weight is 247 g/mol. The molecule has 1 unspecified atom stereocenters. The number of nitrogens with two attached hydrogens (primary N) is 2. The van der Waals surface area contributed by atoms with Gasteiger partial charge < -0.3 is 16.4 Å². The summed E-state index contributed by atoms with van der Waals surface area (Å²) < 4.78 is 0. The summed E-state index contributed by atoms with van der Waals surface area (Å²) in [7, 11) is 0. The molecule has 4 nitrogen and oxygen atoms in total. The number of rotatable bonds is 5. The summed E-state index contributed by atoms with van der Waals surface area (Å²) in [6.07, 6.45) is 3.05. The normalized spacial score (nSPS) is 19.6. The highest BCUT2D eigenvalue weighted by molar-refractivity contribution is 5.85. The van der Waals surface area contributed by atoms with Gasteiger partial charge in [0.2, 0.25) is 5.91 Å². The van der Waals surface area contributed by atoms with Crippen molar-refractivity contribution in [2.24, 2.45) is 11.5 Å². The fourth-order valence-corrected chi connectivity index (χ4v) is 2.49. The highest BCUT2D eigenvalue weighted by atomic mass is 16.1. The number of nitrogens with zero attached hydrogens (tertiary/aromatic N) is 1. The number of primary amides is 1. The molecule has 0 bridgehead atoms. The van der Waals surface area contributed by atoms with Crippen LogP contribution in [0.4, 0.5) is 0 Å². The van der Waals surface area contributed by atoms with Crippen LogP contribution >= 0.6 is 0 Å². The van der Waals surface area contributed by atoms with E-state index in [0.717, 1.165) is 25.2 Å². The number of benzene rings is 1. The SMILES string of the molecule is NC(=O)C(N)(CCN1CCCC1)c1ccccc1. The van der Waals surface area contributed by atoms with Crippen LogP contribution in [0.3, 0.4) is 0 Å². The minimum absolute atomic E-state index is 0.451. The van der Waals surface area contributed by atoms with Gasteiger partial charge in [0.1, 0.15) is 5.54 Å². The topological polar surface area (TPSA) is 72.3 Å². The molecule has 0 radical (unpaired) electrons. The smallest absolute Gasteiger partial charge is 0.242 e. The maximum absolute atomic E-state index is 11.7. The molecule has 1 saturated heterocycles. The van der Waals surface area contributed by atoms with Crippen molar-refractivity contribution in [1.29, 1.82) is 0 Å². The van der Waals surface area contributed by atoms with Gasteiger partial charge in [0.15, 0.2) is 0 Å². The molecule has 1 fully saturated rings. The van der Waals surface area contributed by atoms with E-state index in [1.165, 1.54) is 12.8 Å². The molecule has 98 valence electrons. The second-order valence-electron chi connectivity index (χ2n) is 5.00. The van der Waals surface area contributed by atoms with E-state index in [-0.39, 0.29) is 0 Å². The van der Waals surface area contributed by atoms with Gasteiger partial charge in [-0.2, -0.15) is 0 Å². The second kappa shape index (κ2) is 5.50. The number of carbonyl (C=O) groups excluding carboxylic acids is 1. The molecule has 1 aliphatic rings. The Hall–Kier alpha value is -1.39. The zero-order valence-corrected chi connectivity index (χ0v) is 10.6. The Bertz CT molecular complexity index is 401. The van der Waals surface area contributed by atoms with Crippen molar-refractivity contribution >= 4 is 5.91 Å². The monoisotopic (exact) mass is 247 g/mol. The Morgan fingerprint density at radius 3 is 2.39 bits per heavy atom. The quantitative estimate of drug-likeness (QED) is 0.809. The molecule has 1 aromatic rings. The van der Waals surface area contributed by atoms with E-state index < -0.39 is 11.4 Å². The molecule has 0 aromatic heterocycles. The molecule has 1 atom stereocenters.